The van der Waals surface area contributed by atoms with Crippen molar-refractivity contribution in [3.05, 3.63) is 64.1 Å². The van der Waals surface area contributed by atoms with E-state index in [9.17, 15) is 9.36 Å². The molecule has 0 heterocycles. The summed E-state index contributed by atoms with van der Waals surface area (Å²) in [5.74, 6) is -0.971. The molecular formula is C18H21Cl2N2O4P. The lowest BCUT2D eigenvalue weighted by Gasteiger charge is -2.27. The van der Waals surface area contributed by atoms with Gasteiger partial charge in [0, 0.05) is 5.69 Å². The van der Waals surface area contributed by atoms with Crippen molar-refractivity contribution >= 4 is 42.5 Å². The van der Waals surface area contributed by atoms with Crippen LogP contribution in [0, 0.1) is 0 Å². The Morgan fingerprint density at radius 3 is 2.22 bits per heavy atom. The third kappa shape index (κ3) is 5.96. The molecule has 0 bridgehead atoms. The number of carbonyl (C=O) groups is 1. The zero-order valence-corrected chi connectivity index (χ0v) is 17.4. The Morgan fingerprint density at radius 1 is 1.04 bits per heavy atom. The standard InChI is InChI=1S/C18H21Cl2N2O4P/c1-3-25-27(24,26-4-2)17(13-8-6-5-7-9-13)22-18(23)21-14-10-11-15(19)16(20)12-14/h5-12,17H,3-4H2,1-2H3,(H2,21,22,23)/t17-/m1/s1. The van der Waals surface area contributed by atoms with Gasteiger partial charge >= 0.3 is 13.6 Å². The van der Waals surface area contributed by atoms with Crippen LogP contribution >= 0.6 is 30.8 Å². The number of benzene rings is 2. The summed E-state index contributed by atoms with van der Waals surface area (Å²) in [6, 6.07) is 13.0. The summed E-state index contributed by atoms with van der Waals surface area (Å²) in [4.78, 5) is 12.5. The smallest absolute Gasteiger partial charge is 0.320 e. The molecule has 0 saturated carbocycles. The van der Waals surface area contributed by atoms with Gasteiger partial charge in [0.2, 0.25) is 0 Å². The van der Waals surface area contributed by atoms with Gasteiger partial charge in [-0.25, -0.2) is 4.79 Å². The Morgan fingerprint density at radius 2 is 1.67 bits per heavy atom. The highest BCUT2D eigenvalue weighted by molar-refractivity contribution is 7.54. The third-order valence-electron chi connectivity index (χ3n) is 3.49. The molecule has 2 aromatic carbocycles. The molecule has 1 atom stereocenters. The lowest BCUT2D eigenvalue weighted by molar-refractivity contribution is 0.205. The lowest BCUT2D eigenvalue weighted by atomic mass is 10.2. The number of carbonyl (C=O) groups excluding carboxylic acids is 1. The zero-order chi connectivity index (χ0) is 19.9. The Bertz CT molecular complexity index is 810. The minimum absolute atomic E-state index is 0.177. The molecule has 0 spiro atoms. The highest BCUT2D eigenvalue weighted by atomic mass is 35.5. The van der Waals surface area contributed by atoms with Crippen molar-refractivity contribution in [2.45, 2.75) is 19.6 Å². The molecule has 0 aromatic heterocycles. The number of halogens is 2. The van der Waals surface area contributed by atoms with Gasteiger partial charge in [-0.2, -0.15) is 0 Å². The fraction of sp³-hybridized carbons (Fsp3) is 0.278. The molecule has 0 unspecified atom stereocenters. The van der Waals surface area contributed by atoms with E-state index in [4.69, 9.17) is 32.2 Å². The van der Waals surface area contributed by atoms with Crippen LogP contribution in [0.1, 0.15) is 25.2 Å². The molecule has 2 N–H and O–H groups in total. The van der Waals surface area contributed by atoms with Crippen molar-refractivity contribution in [1.82, 2.24) is 5.32 Å². The fourth-order valence-corrected chi connectivity index (χ4v) is 4.59. The Kier molecular flexibility index (Phi) is 8.14. The molecular weight excluding hydrogens is 410 g/mol. The maximum absolute atomic E-state index is 13.3. The van der Waals surface area contributed by atoms with E-state index in [-0.39, 0.29) is 13.2 Å². The summed E-state index contributed by atoms with van der Waals surface area (Å²) in [6.07, 6.45) is 0. The minimum atomic E-state index is -3.65. The molecule has 0 aliphatic carbocycles. The topological polar surface area (TPSA) is 76.7 Å². The van der Waals surface area contributed by atoms with Crippen molar-refractivity contribution in [3.63, 3.8) is 0 Å². The number of nitrogens with one attached hydrogen (secondary N) is 2. The Hall–Kier alpha value is -1.56. The van der Waals surface area contributed by atoms with Crippen molar-refractivity contribution < 1.29 is 18.4 Å². The normalized spacial score (nSPS) is 12.4. The molecule has 2 aromatic rings. The molecule has 2 rings (SSSR count). The molecule has 27 heavy (non-hydrogen) atoms. The summed E-state index contributed by atoms with van der Waals surface area (Å²) >= 11 is 11.8. The van der Waals surface area contributed by atoms with Crippen molar-refractivity contribution in [3.8, 4) is 0 Å². The van der Waals surface area contributed by atoms with Crippen LogP contribution in [0.5, 0.6) is 0 Å². The predicted molar refractivity (Wildman–Crippen MR) is 109 cm³/mol. The average Bonchev–Trinajstić information content (AvgIpc) is 2.64. The maximum Gasteiger partial charge on any atom is 0.357 e. The predicted octanol–water partition coefficient (Wildman–Crippen LogP) is 6.08. The first-order chi connectivity index (χ1) is 12.9. The van der Waals surface area contributed by atoms with Crippen LogP contribution in [0.25, 0.3) is 0 Å². The van der Waals surface area contributed by atoms with Crippen LogP contribution in [-0.4, -0.2) is 19.2 Å². The highest BCUT2D eigenvalue weighted by Gasteiger charge is 2.38. The van der Waals surface area contributed by atoms with Crippen LogP contribution < -0.4 is 10.6 Å². The van der Waals surface area contributed by atoms with Crippen LogP contribution in [0.2, 0.25) is 10.0 Å². The molecule has 0 saturated heterocycles. The van der Waals surface area contributed by atoms with E-state index in [0.717, 1.165) is 0 Å². The van der Waals surface area contributed by atoms with E-state index < -0.39 is 19.4 Å². The maximum atomic E-state index is 13.3. The van der Waals surface area contributed by atoms with E-state index in [0.29, 0.717) is 21.3 Å². The molecule has 0 aliphatic heterocycles. The van der Waals surface area contributed by atoms with Gasteiger partial charge in [-0.1, -0.05) is 53.5 Å². The molecule has 146 valence electrons. The first-order valence-corrected chi connectivity index (χ1v) is 10.7. The number of urea groups is 1. The van der Waals surface area contributed by atoms with E-state index in [2.05, 4.69) is 10.6 Å². The van der Waals surface area contributed by atoms with E-state index in [1.807, 2.05) is 6.07 Å². The van der Waals surface area contributed by atoms with Gasteiger partial charge < -0.3 is 19.7 Å². The molecule has 0 fully saturated rings. The number of amides is 2. The summed E-state index contributed by atoms with van der Waals surface area (Å²) in [5.41, 5.74) is 1.04. The van der Waals surface area contributed by atoms with Gasteiger partial charge in [-0.3, -0.25) is 4.57 Å². The first kappa shape index (κ1) is 21.7. The second-order valence-electron chi connectivity index (χ2n) is 5.42. The lowest BCUT2D eigenvalue weighted by Crippen LogP contribution is -2.33. The molecule has 0 aliphatic rings. The van der Waals surface area contributed by atoms with Crippen molar-refractivity contribution in [1.29, 1.82) is 0 Å². The second-order valence-corrected chi connectivity index (χ2v) is 8.34. The molecule has 6 nitrogen and oxygen atoms in total. The first-order valence-electron chi connectivity index (χ1n) is 8.36. The van der Waals surface area contributed by atoms with Gasteiger partial charge in [-0.05, 0) is 37.6 Å². The monoisotopic (exact) mass is 430 g/mol. The zero-order valence-electron chi connectivity index (χ0n) is 14.9. The summed E-state index contributed by atoms with van der Waals surface area (Å²) < 4.78 is 24.1. The van der Waals surface area contributed by atoms with Crippen molar-refractivity contribution in [2.24, 2.45) is 0 Å². The highest BCUT2D eigenvalue weighted by Crippen LogP contribution is 2.59. The van der Waals surface area contributed by atoms with Crippen LogP contribution in [0.15, 0.2) is 48.5 Å². The van der Waals surface area contributed by atoms with E-state index in [1.165, 1.54) is 6.07 Å². The van der Waals surface area contributed by atoms with E-state index in [1.54, 1.807) is 50.2 Å². The summed E-state index contributed by atoms with van der Waals surface area (Å²) in [7, 11) is -3.65. The molecule has 2 amide bonds. The van der Waals surface area contributed by atoms with Crippen molar-refractivity contribution in [2.75, 3.05) is 18.5 Å². The van der Waals surface area contributed by atoms with Crippen LogP contribution in [-0.2, 0) is 13.6 Å². The quantitative estimate of drug-likeness (QED) is 0.497. The summed E-state index contributed by atoms with van der Waals surface area (Å²) in [6.45, 7) is 3.78. The van der Waals surface area contributed by atoms with Gasteiger partial charge in [0.1, 0.15) is 0 Å². The van der Waals surface area contributed by atoms with Crippen LogP contribution in [0.4, 0.5) is 10.5 Å². The summed E-state index contributed by atoms with van der Waals surface area (Å²) in [5, 5.41) is 6.01. The third-order valence-corrected chi connectivity index (χ3v) is 6.53. The number of hydrogen-bond acceptors (Lipinski definition) is 4. The molecule has 9 heteroatoms. The number of anilines is 1. The minimum Gasteiger partial charge on any atom is -0.320 e. The fourth-order valence-electron chi connectivity index (χ4n) is 2.39. The Balaban J connectivity index is 2.26. The average molecular weight is 431 g/mol. The SMILES string of the molecule is CCOP(=O)(OCC)[C@@H](NC(=O)Nc1ccc(Cl)c(Cl)c1)c1ccccc1. The second kappa shape index (κ2) is 10.1. The van der Waals surface area contributed by atoms with E-state index >= 15 is 0 Å². The van der Waals surface area contributed by atoms with Gasteiger partial charge in [-0.15, -0.1) is 0 Å². The Labute approximate surface area is 168 Å². The van der Waals surface area contributed by atoms with Gasteiger partial charge in [0.25, 0.3) is 0 Å². The van der Waals surface area contributed by atoms with Gasteiger partial charge in [0.15, 0.2) is 5.78 Å². The largest absolute Gasteiger partial charge is 0.357 e. The van der Waals surface area contributed by atoms with Gasteiger partial charge in [0.05, 0.1) is 23.3 Å². The number of rotatable bonds is 8. The number of hydrogen-bond donors (Lipinski definition) is 2. The van der Waals surface area contributed by atoms with Crippen LogP contribution in [0.3, 0.4) is 0 Å². The molecule has 0 radical (unpaired) electrons.